The third-order valence-electron chi connectivity index (χ3n) is 6.74. The van der Waals surface area contributed by atoms with Gasteiger partial charge in [-0.3, -0.25) is 0 Å². The van der Waals surface area contributed by atoms with Crippen molar-refractivity contribution in [2.75, 3.05) is 0 Å². The zero-order valence-corrected chi connectivity index (χ0v) is 19.9. The summed E-state index contributed by atoms with van der Waals surface area (Å²) in [6, 6.07) is 5.12. The Labute approximate surface area is 204 Å². The molecule has 2 aromatic heterocycles. The van der Waals surface area contributed by atoms with Crippen LogP contribution in [0.4, 0.5) is 17.6 Å². The van der Waals surface area contributed by atoms with Crippen molar-refractivity contribution in [2.24, 2.45) is 5.92 Å². The van der Waals surface area contributed by atoms with E-state index in [0.29, 0.717) is 36.6 Å². The minimum atomic E-state index is -4.53. The van der Waals surface area contributed by atoms with Crippen LogP contribution in [0.2, 0.25) is 0 Å². The largest absolute Gasteiger partial charge is 0.417 e. The minimum absolute atomic E-state index is 0.153. The third kappa shape index (κ3) is 3.98. The fourth-order valence-electron chi connectivity index (χ4n) is 4.79. The van der Waals surface area contributed by atoms with Gasteiger partial charge in [0.15, 0.2) is 0 Å². The third-order valence-corrected chi connectivity index (χ3v) is 6.74. The Morgan fingerprint density at radius 3 is 2.56 bits per heavy atom. The van der Waals surface area contributed by atoms with E-state index in [1.807, 2.05) is 13.8 Å². The number of rotatable bonds is 4. The predicted molar refractivity (Wildman–Crippen MR) is 124 cm³/mol. The number of hydrogen-bond donors (Lipinski definition) is 0. The fraction of sp³-hybridized carbons (Fsp3) is 0.385. The molecule has 0 amide bonds. The molecular weight excluding hydrogens is 476 g/mol. The number of benzene rings is 1. The van der Waals surface area contributed by atoms with Crippen molar-refractivity contribution in [1.29, 1.82) is 0 Å². The average molecular weight is 500 g/mol. The lowest BCUT2D eigenvalue weighted by Crippen LogP contribution is -2.11. The molecule has 0 N–H and O–H groups in total. The monoisotopic (exact) mass is 500 g/mol. The van der Waals surface area contributed by atoms with Crippen LogP contribution in [0.25, 0.3) is 22.6 Å². The molecule has 2 heterocycles. The fourth-order valence-corrected chi connectivity index (χ4v) is 4.79. The molecule has 3 aromatic rings. The topological polar surface area (TPSA) is 77.8 Å². The molecule has 3 aliphatic rings. The first kappa shape index (κ1) is 24.1. The number of allylic oxidation sites excluding steroid dienone is 6. The van der Waals surface area contributed by atoms with E-state index in [-0.39, 0.29) is 23.3 Å². The summed E-state index contributed by atoms with van der Waals surface area (Å²) in [6.45, 7) is 5.78. The number of nitrogens with zero attached hydrogens (tertiary/aromatic N) is 4. The molecule has 6 nitrogen and oxygen atoms in total. The zero-order valence-electron chi connectivity index (χ0n) is 19.9. The maximum Gasteiger partial charge on any atom is 0.417 e. The minimum Gasteiger partial charge on any atom is -0.416 e. The van der Waals surface area contributed by atoms with Gasteiger partial charge in [-0.1, -0.05) is 50.2 Å². The van der Waals surface area contributed by atoms with E-state index in [1.165, 1.54) is 24.3 Å². The molecule has 10 heteroatoms. The molecule has 6 rings (SSSR count). The number of fused-ring (bicyclic) bond motifs is 1. The molecule has 36 heavy (non-hydrogen) atoms. The highest BCUT2D eigenvalue weighted by atomic mass is 19.4. The first-order chi connectivity index (χ1) is 17.3. The van der Waals surface area contributed by atoms with E-state index in [2.05, 4.69) is 20.3 Å². The lowest BCUT2D eigenvalue weighted by atomic mass is 9.96. The van der Waals surface area contributed by atoms with Gasteiger partial charge in [-0.2, -0.15) is 18.2 Å². The van der Waals surface area contributed by atoms with Gasteiger partial charge in [-0.05, 0) is 43.0 Å². The van der Waals surface area contributed by atoms with Crippen LogP contribution in [0.5, 0.6) is 0 Å². The second-order valence-corrected chi connectivity index (χ2v) is 8.88. The normalized spacial score (nSPS) is 24.8. The molecule has 0 aliphatic heterocycles. The number of halogens is 4. The van der Waals surface area contributed by atoms with Crippen LogP contribution >= 0.6 is 0 Å². The summed E-state index contributed by atoms with van der Waals surface area (Å²) in [5, 5.41) is 12.0. The summed E-state index contributed by atoms with van der Waals surface area (Å²) in [4.78, 5) is 4.56. The maximum absolute atomic E-state index is 13.7. The van der Waals surface area contributed by atoms with Gasteiger partial charge in [0.1, 0.15) is 6.17 Å². The van der Waals surface area contributed by atoms with Gasteiger partial charge in [0.05, 0.1) is 16.5 Å². The van der Waals surface area contributed by atoms with Gasteiger partial charge >= 0.3 is 6.18 Å². The molecule has 1 aromatic carbocycles. The lowest BCUT2D eigenvalue weighted by Gasteiger charge is -2.14. The quantitative estimate of drug-likeness (QED) is 0.360. The van der Waals surface area contributed by atoms with Gasteiger partial charge < -0.3 is 8.94 Å². The molecule has 3 aliphatic carbocycles. The Kier molecular flexibility index (Phi) is 5.92. The lowest BCUT2D eigenvalue weighted by molar-refractivity contribution is -0.137. The summed E-state index contributed by atoms with van der Waals surface area (Å²) in [5.74, 6) is 0.637. The Bertz CT molecular complexity index is 1380. The highest BCUT2D eigenvalue weighted by Crippen LogP contribution is 2.65. The summed E-state index contributed by atoms with van der Waals surface area (Å²) < 4.78 is 65.1. The first-order valence-corrected chi connectivity index (χ1v) is 11.9. The van der Waals surface area contributed by atoms with Crippen LogP contribution < -0.4 is 0 Å². The summed E-state index contributed by atoms with van der Waals surface area (Å²) >= 11 is 0. The summed E-state index contributed by atoms with van der Waals surface area (Å²) in [7, 11) is 0. The maximum atomic E-state index is 13.7. The Hall–Kier alpha value is -3.56. The van der Waals surface area contributed by atoms with E-state index in [0.717, 1.165) is 17.2 Å². The van der Waals surface area contributed by atoms with Crippen molar-refractivity contribution in [3.8, 4) is 11.5 Å². The second kappa shape index (κ2) is 8.83. The van der Waals surface area contributed by atoms with E-state index < -0.39 is 23.3 Å². The van der Waals surface area contributed by atoms with Gasteiger partial charge in [0, 0.05) is 17.1 Å². The molecule has 0 saturated heterocycles. The molecule has 1 fully saturated rings. The Morgan fingerprint density at radius 2 is 1.83 bits per heavy atom. The van der Waals surface area contributed by atoms with Crippen LogP contribution in [0.3, 0.4) is 0 Å². The molecule has 188 valence electrons. The predicted octanol–water partition coefficient (Wildman–Crippen LogP) is 6.98. The van der Waals surface area contributed by atoms with Crippen molar-refractivity contribution in [3.63, 3.8) is 0 Å². The van der Waals surface area contributed by atoms with Crippen molar-refractivity contribution in [2.45, 2.75) is 57.8 Å². The van der Waals surface area contributed by atoms with Gasteiger partial charge in [0.2, 0.25) is 23.5 Å². The van der Waals surface area contributed by atoms with Crippen LogP contribution in [0.1, 0.15) is 63.2 Å². The standard InChI is InChI=1S/C24H18F4N4O2.C2H6/c1-12-10-13(6-7-18(12)25)19-29-22(34-32-19)23-9-8-15(17(23)11-23)21-31-30-20(33-21)14-4-2-3-5-16(14)24(26,27)28;1-2/h2-7,10,12,18H,8-9,11H2,1H3;1-2H3. The van der Waals surface area contributed by atoms with Crippen LogP contribution in [0, 0.1) is 5.92 Å². The highest BCUT2D eigenvalue weighted by molar-refractivity contribution is 5.77. The molecule has 0 bridgehead atoms. The molecule has 0 spiro atoms. The van der Waals surface area contributed by atoms with Crippen LogP contribution in [-0.2, 0) is 11.6 Å². The van der Waals surface area contributed by atoms with E-state index in [1.54, 1.807) is 19.1 Å². The average Bonchev–Trinajstić information content (AvgIpc) is 3.29. The van der Waals surface area contributed by atoms with Gasteiger partial charge in [-0.25, -0.2) is 4.39 Å². The molecule has 3 unspecified atom stereocenters. The number of hydrogen-bond acceptors (Lipinski definition) is 6. The second-order valence-electron chi connectivity index (χ2n) is 8.88. The van der Waals surface area contributed by atoms with Crippen LogP contribution in [0.15, 0.2) is 57.0 Å². The van der Waals surface area contributed by atoms with Crippen molar-refractivity contribution < 1.29 is 26.5 Å². The van der Waals surface area contributed by atoms with E-state index in [4.69, 9.17) is 8.94 Å². The van der Waals surface area contributed by atoms with Crippen molar-refractivity contribution in [1.82, 2.24) is 20.3 Å². The Balaban J connectivity index is 0.00000130. The molecule has 0 radical (unpaired) electrons. The zero-order chi connectivity index (χ0) is 25.7. The molecule has 3 atom stereocenters. The van der Waals surface area contributed by atoms with Crippen molar-refractivity contribution >= 4 is 11.1 Å². The summed E-state index contributed by atoms with van der Waals surface area (Å²) in [6.07, 6.45) is 1.33. The summed E-state index contributed by atoms with van der Waals surface area (Å²) in [5.41, 5.74) is 1.15. The van der Waals surface area contributed by atoms with Crippen LogP contribution in [-0.4, -0.2) is 26.5 Å². The van der Waals surface area contributed by atoms with E-state index >= 15 is 0 Å². The van der Waals surface area contributed by atoms with Gasteiger partial charge in [0.25, 0.3) is 0 Å². The smallest absolute Gasteiger partial charge is 0.416 e. The van der Waals surface area contributed by atoms with Crippen molar-refractivity contribution in [3.05, 3.63) is 71.2 Å². The molecular formula is C26H24F4N4O2. The van der Waals surface area contributed by atoms with Gasteiger partial charge in [-0.15, -0.1) is 10.2 Å². The number of alkyl halides is 4. The SMILES string of the molecule is CC.CC1C=C(c2noc(C34CCC(c5nnc(-c6ccccc6C(F)(F)F)o5)=C3C4)n2)C=CC1F. The number of aromatic nitrogens is 4. The first-order valence-electron chi connectivity index (χ1n) is 11.9. The highest BCUT2D eigenvalue weighted by Gasteiger charge is 2.60. The van der Waals surface area contributed by atoms with E-state index in [9.17, 15) is 17.6 Å². The molecule has 1 saturated carbocycles. The Morgan fingerprint density at radius 1 is 1.08 bits per heavy atom.